The van der Waals surface area contributed by atoms with Crippen molar-refractivity contribution in [2.75, 3.05) is 25.6 Å². The first kappa shape index (κ1) is 15.8. The molecule has 0 saturated carbocycles. The molecule has 5 nitrogen and oxygen atoms in total. The molecule has 0 aliphatic rings. The van der Waals surface area contributed by atoms with E-state index in [-0.39, 0.29) is 5.97 Å². The molecule has 0 N–H and O–H groups in total. The Labute approximate surface area is 130 Å². The number of benzene rings is 1. The minimum Gasteiger partial charge on any atom is -0.473 e. The number of anilines is 1. The fourth-order valence-electron chi connectivity index (χ4n) is 1.90. The van der Waals surface area contributed by atoms with Gasteiger partial charge in [0.25, 0.3) is 0 Å². The molecule has 0 atom stereocenters. The molecule has 5 heteroatoms. The van der Waals surface area contributed by atoms with Gasteiger partial charge in [-0.1, -0.05) is 36.4 Å². The lowest BCUT2D eigenvalue weighted by Crippen LogP contribution is -2.22. The zero-order valence-corrected chi connectivity index (χ0v) is 12.9. The molecule has 0 fully saturated rings. The van der Waals surface area contributed by atoms with Crippen LogP contribution >= 0.6 is 0 Å². The van der Waals surface area contributed by atoms with Crippen LogP contribution in [0.25, 0.3) is 0 Å². The minimum atomic E-state index is -0.233. The summed E-state index contributed by atoms with van der Waals surface area (Å²) in [5.74, 6) is 1.09. The molecule has 0 spiro atoms. The number of ether oxygens (including phenoxy) is 2. The van der Waals surface area contributed by atoms with E-state index in [1.54, 1.807) is 0 Å². The zero-order chi connectivity index (χ0) is 15.8. The molecule has 0 saturated heterocycles. The summed E-state index contributed by atoms with van der Waals surface area (Å²) in [5, 5.41) is 0. The number of carbonyl (C=O) groups excluding carboxylic acids is 1. The van der Waals surface area contributed by atoms with Crippen LogP contribution in [0.4, 0.5) is 5.82 Å². The van der Waals surface area contributed by atoms with Crippen LogP contribution in [0.1, 0.15) is 12.0 Å². The lowest BCUT2D eigenvalue weighted by molar-refractivity contribution is -0.140. The third-order valence-electron chi connectivity index (χ3n) is 3.21. The van der Waals surface area contributed by atoms with E-state index >= 15 is 0 Å². The van der Waals surface area contributed by atoms with Gasteiger partial charge < -0.3 is 14.4 Å². The number of hydrogen-bond acceptors (Lipinski definition) is 5. The molecule has 0 bridgehead atoms. The van der Waals surface area contributed by atoms with E-state index in [9.17, 15) is 4.79 Å². The van der Waals surface area contributed by atoms with Crippen molar-refractivity contribution in [3.63, 3.8) is 0 Å². The van der Waals surface area contributed by atoms with Crippen LogP contribution in [0, 0.1) is 0 Å². The molecular weight excluding hydrogens is 280 g/mol. The van der Waals surface area contributed by atoms with Crippen LogP contribution in [0.3, 0.4) is 0 Å². The summed E-state index contributed by atoms with van der Waals surface area (Å²) in [6, 6.07) is 15.5. The summed E-state index contributed by atoms with van der Waals surface area (Å²) in [5.41, 5.74) is 1.09. The molecule has 0 aliphatic carbocycles. The number of rotatable bonds is 7. The van der Waals surface area contributed by atoms with Crippen molar-refractivity contribution < 1.29 is 14.3 Å². The molecule has 1 heterocycles. The Kier molecular flexibility index (Phi) is 5.77. The van der Waals surface area contributed by atoms with E-state index in [0.717, 1.165) is 11.4 Å². The maximum atomic E-state index is 11.2. The van der Waals surface area contributed by atoms with Crippen molar-refractivity contribution in [3.8, 4) is 5.88 Å². The van der Waals surface area contributed by atoms with E-state index in [2.05, 4.69) is 9.72 Å². The number of esters is 1. The first-order valence-electron chi connectivity index (χ1n) is 7.11. The number of pyridine rings is 1. The summed E-state index contributed by atoms with van der Waals surface area (Å²) in [7, 11) is 3.27. The second-order valence-electron chi connectivity index (χ2n) is 4.86. The first-order chi connectivity index (χ1) is 10.7. The third-order valence-corrected chi connectivity index (χ3v) is 3.21. The smallest absolute Gasteiger partial charge is 0.307 e. The van der Waals surface area contributed by atoms with E-state index in [1.165, 1.54) is 7.11 Å². The van der Waals surface area contributed by atoms with Crippen LogP contribution in [0.5, 0.6) is 5.88 Å². The van der Waals surface area contributed by atoms with Crippen molar-refractivity contribution in [1.82, 2.24) is 4.98 Å². The van der Waals surface area contributed by atoms with Gasteiger partial charge in [-0.25, -0.2) is 0 Å². The third kappa shape index (κ3) is 4.77. The lowest BCUT2D eigenvalue weighted by Gasteiger charge is -2.18. The van der Waals surface area contributed by atoms with Crippen LogP contribution in [-0.2, 0) is 16.1 Å². The second kappa shape index (κ2) is 8.02. The van der Waals surface area contributed by atoms with Gasteiger partial charge in [-0.3, -0.25) is 4.79 Å². The number of carbonyl (C=O) groups is 1. The highest BCUT2D eigenvalue weighted by molar-refractivity contribution is 5.69. The molecule has 0 radical (unpaired) electrons. The van der Waals surface area contributed by atoms with E-state index in [4.69, 9.17) is 4.74 Å². The van der Waals surface area contributed by atoms with Crippen LogP contribution < -0.4 is 9.64 Å². The number of hydrogen-bond donors (Lipinski definition) is 0. The van der Waals surface area contributed by atoms with Gasteiger partial charge in [-0.15, -0.1) is 0 Å². The van der Waals surface area contributed by atoms with Crippen molar-refractivity contribution in [2.24, 2.45) is 0 Å². The topological polar surface area (TPSA) is 51.7 Å². The summed E-state index contributed by atoms with van der Waals surface area (Å²) in [6.45, 7) is 1.02. The Hall–Kier alpha value is -2.56. The average molecular weight is 300 g/mol. The molecule has 0 amide bonds. The molecule has 116 valence electrons. The van der Waals surface area contributed by atoms with Gasteiger partial charge in [0.15, 0.2) is 0 Å². The predicted molar refractivity (Wildman–Crippen MR) is 84.9 cm³/mol. The number of nitrogens with zero attached hydrogens (tertiary/aromatic N) is 2. The predicted octanol–water partition coefficient (Wildman–Crippen LogP) is 2.66. The lowest BCUT2D eigenvalue weighted by atomic mass is 10.2. The standard InChI is InChI=1S/C17H20N2O3/c1-19(12-11-17(20)21-2)15-9-6-10-16(18-15)22-13-14-7-4-3-5-8-14/h3-10H,11-13H2,1-2H3. The molecule has 0 aliphatic heterocycles. The van der Waals surface area contributed by atoms with Crippen LogP contribution in [-0.4, -0.2) is 31.7 Å². The largest absolute Gasteiger partial charge is 0.473 e. The average Bonchev–Trinajstić information content (AvgIpc) is 2.58. The monoisotopic (exact) mass is 300 g/mol. The van der Waals surface area contributed by atoms with Crippen molar-refractivity contribution >= 4 is 11.8 Å². The van der Waals surface area contributed by atoms with Gasteiger partial charge in [0.05, 0.1) is 13.5 Å². The maximum Gasteiger partial charge on any atom is 0.307 e. The van der Waals surface area contributed by atoms with Gasteiger partial charge in [0.2, 0.25) is 5.88 Å². The normalized spacial score (nSPS) is 10.1. The zero-order valence-electron chi connectivity index (χ0n) is 12.9. The van der Waals surface area contributed by atoms with Crippen molar-refractivity contribution in [3.05, 3.63) is 54.1 Å². The molecule has 2 rings (SSSR count). The van der Waals surface area contributed by atoms with Gasteiger partial charge in [-0.2, -0.15) is 4.98 Å². The van der Waals surface area contributed by atoms with E-state index in [1.807, 2.05) is 60.5 Å². The van der Waals surface area contributed by atoms with E-state index < -0.39 is 0 Å². The van der Waals surface area contributed by atoms with Gasteiger partial charge in [0, 0.05) is 19.7 Å². The highest BCUT2D eigenvalue weighted by Crippen LogP contribution is 2.16. The van der Waals surface area contributed by atoms with Crippen LogP contribution in [0.2, 0.25) is 0 Å². The van der Waals surface area contributed by atoms with Crippen molar-refractivity contribution in [2.45, 2.75) is 13.0 Å². The van der Waals surface area contributed by atoms with E-state index in [0.29, 0.717) is 25.5 Å². The first-order valence-corrected chi connectivity index (χ1v) is 7.11. The molecule has 1 aromatic carbocycles. The Morgan fingerprint density at radius 2 is 1.91 bits per heavy atom. The highest BCUT2D eigenvalue weighted by atomic mass is 16.5. The molecule has 0 unspecified atom stereocenters. The number of aromatic nitrogens is 1. The summed E-state index contributed by atoms with van der Waals surface area (Å²) < 4.78 is 10.3. The number of methoxy groups -OCH3 is 1. The minimum absolute atomic E-state index is 0.233. The maximum absolute atomic E-state index is 11.2. The molecule has 22 heavy (non-hydrogen) atoms. The Morgan fingerprint density at radius 1 is 1.14 bits per heavy atom. The Balaban J connectivity index is 1.93. The second-order valence-corrected chi connectivity index (χ2v) is 4.86. The Bertz CT molecular complexity index is 602. The summed E-state index contributed by atoms with van der Waals surface area (Å²) in [6.07, 6.45) is 0.323. The highest BCUT2D eigenvalue weighted by Gasteiger charge is 2.07. The SMILES string of the molecule is COC(=O)CCN(C)c1cccc(OCc2ccccc2)n1. The summed E-state index contributed by atoms with van der Waals surface area (Å²) >= 11 is 0. The molecule has 2 aromatic rings. The van der Waals surface area contributed by atoms with Gasteiger partial charge >= 0.3 is 5.97 Å². The Morgan fingerprint density at radius 3 is 2.64 bits per heavy atom. The fourth-order valence-corrected chi connectivity index (χ4v) is 1.90. The quantitative estimate of drug-likeness (QED) is 0.736. The van der Waals surface area contributed by atoms with Crippen molar-refractivity contribution in [1.29, 1.82) is 0 Å². The van der Waals surface area contributed by atoms with Gasteiger partial charge in [-0.05, 0) is 11.6 Å². The molecule has 1 aromatic heterocycles. The van der Waals surface area contributed by atoms with Crippen LogP contribution in [0.15, 0.2) is 48.5 Å². The van der Waals surface area contributed by atoms with Gasteiger partial charge in [0.1, 0.15) is 12.4 Å². The molecular formula is C17H20N2O3. The summed E-state index contributed by atoms with van der Waals surface area (Å²) in [4.78, 5) is 17.5. The fraction of sp³-hybridized carbons (Fsp3) is 0.294.